The highest BCUT2D eigenvalue weighted by Gasteiger charge is 2.42. The minimum absolute atomic E-state index is 0.0101. The van der Waals surface area contributed by atoms with Crippen LogP contribution in [0.2, 0.25) is 0 Å². The zero-order chi connectivity index (χ0) is 22.0. The van der Waals surface area contributed by atoms with E-state index in [0.717, 1.165) is 69.7 Å². The van der Waals surface area contributed by atoms with Gasteiger partial charge in [-0.15, -0.1) is 0 Å². The van der Waals surface area contributed by atoms with Crippen LogP contribution >= 0.6 is 0 Å². The number of fused-ring (bicyclic) bond motifs is 1. The number of hydrogen-bond donors (Lipinski definition) is 1. The average molecular weight is 436 g/mol. The number of carbonyl (C=O) groups is 1. The summed E-state index contributed by atoms with van der Waals surface area (Å²) >= 11 is 0. The highest BCUT2D eigenvalue weighted by molar-refractivity contribution is 5.94. The first-order valence-corrected chi connectivity index (χ1v) is 12.0. The Morgan fingerprint density at radius 1 is 1.28 bits per heavy atom. The Hall–Kier alpha value is -2.44. The lowest BCUT2D eigenvalue weighted by Gasteiger charge is -2.49. The maximum atomic E-state index is 13.3. The summed E-state index contributed by atoms with van der Waals surface area (Å²) in [4.78, 5) is 22.2. The molecule has 1 spiro atoms. The summed E-state index contributed by atoms with van der Waals surface area (Å²) in [5, 5.41) is 10.7. The number of aliphatic hydroxyl groups excluding tert-OH is 1. The van der Waals surface area contributed by atoms with Crippen LogP contribution in [0.1, 0.15) is 59.5 Å². The van der Waals surface area contributed by atoms with Gasteiger partial charge in [-0.25, -0.2) is 0 Å². The van der Waals surface area contributed by atoms with E-state index < -0.39 is 6.10 Å². The molecule has 6 nitrogen and oxygen atoms in total. The van der Waals surface area contributed by atoms with Crippen LogP contribution in [0.25, 0.3) is 6.08 Å². The predicted molar refractivity (Wildman–Crippen MR) is 123 cm³/mol. The normalized spacial score (nSPS) is 23.5. The lowest BCUT2D eigenvalue weighted by atomic mass is 9.71. The van der Waals surface area contributed by atoms with E-state index in [9.17, 15) is 9.90 Å². The van der Waals surface area contributed by atoms with Gasteiger partial charge < -0.3 is 14.4 Å². The van der Waals surface area contributed by atoms with Gasteiger partial charge in [0.2, 0.25) is 0 Å². The van der Waals surface area contributed by atoms with Gasteiger partial charge >= 0.3 is 0 Å². The zero-order valence-electron chi connectivity index (χ0n) is 18.7. The van der Waals surface area contributed by atoms with Gasteiger partial charge in [-0.1, -0.05) is 6.08 Å². The Morgan fingerprint density at radius 2 is 2.12 bits per heavy atom. The van der Waals surface area contributed by atoms with Crippen LogP contribution in [-0.4, -0.2) is 64.6 Å². The molecule has 1 aliphatic carbocycles. The molecule has 2 aliphatic heterocycles. The minimum atomic E-state index is -0.455. The molecule has 3 aliphatic rings. The van der Waals surface area contributed by atoms with Crippen molar-refractivity contribution in [1.29, 1.82) is 0 Å². The van der Waals surface area contributed by atoms with E-state index in [1.165, 1.54) is 18.4 Å². The number of hydrogen-bond acceptors (Lipinski definition) is 5. The Kier molecular flexibility index (Phi) is 6.15. The first-order chi connectivity index (χ1) is 15.6. The molecule has 1 N–H and O–H groups in total. The molecule has 32 heavy (non-hydrogen) atoms. The van der Waals surface area contributed by atoms with Crippen LogP contribution in [0.4, 0.5) is 0 Å². The number of piperidine rings is 2. The molecule has 1 atom stereocenters. The van der Waals surface area contributed by atoms with E-state index in [4.69, 9.17) is 4.42 Å². The van der Waals surface area contributed by atoms with Gasteiger partial charge in [0.1, 0.15) is 5.76 Å². The number of aromatic nitrogens is 1. The molecule has 4 heterocycles. The summed E-state index contributed by atoms with van der Waals surface area (Å²) in [7, 11) is 0. The SMILES string of the molecule is O=C(c1cnc2c(c1)CCCC2)N1CC(O)CC2(CCN(C/C=C/c3ccco3)CC2)C1. The third-order valence-electron chi connectivity index (χ3n) is 7.44. The minimum Gasteiger partial charge on any atom is -0.465 e. The Balaban J connectivity index is 1.21. The zero-order valence-corrected chi connectivity index (χ0v) is 18.7. The molecule has 0 radical (unpaired) electrons. The number of β-amino-alcohol motifs (C(OH)–C–C–N with tert-alkyl or cyclic N) is 1. The number of amides is 1. The van der Waals surface area contributed by atoms with Crippen molar-refractivity contribution >= 4 is 12.0 Å². The average Bonchev–Trinajstić information content (AvgIpc) is 3.33. The molecule has 0 bridgehead atoms. The quantitative estimate of drug-likeness (QED) is 0.795. The lowest BCUT2D eigenvalue weighted by Crippen LogP contribution is -2.55. The van der Waals surface area contributed by atoms with Crippen LogP contribution in [0.3, 0.4) is 0 Å². The van der Waals surface area contributed by atoms with Gasteiger partial charge in [0.25, 0.3) is 5.91 Å². The van der Waals surface area contributed by atoms with Crippen molar-refractivity contribution < 1.29 is 14.3 Å². The second-order valence-corrected chi connectivity index (χ2v) is 9.80. The van der Waals surface area contributed by atoms with E-state index in [-0.39, 0.29) is 11.3 Å². The molecule has 0 aromatic carbocycles. The third-order valence-corrected chi connectivity index (χ3v) is 7.44. The lowest BCUT2D eigenvalue weighted by molar-refractivity contribution is -0.0313. The Morgan fingerprint density at radius 3 is 2.94 bits per heavy atom. The fourth-order valence-electron chi connectivity index (χ4n) is 5.67. The first kappa shape index (κ1) is 21.4. The molecule has 0 saturated carbocycles. The van der Waals surface area contributed by atoms with E-state index in [0.29, 0.717) is 12.1 Å². The largest absolute Gasteiger partial charge is 0.465 e. The highest BCUT2D eigenvalue weighted by Crippen LogP contribution is 2.40. The van der Waals surface area contributed by atoms with Gasteiger partial charge in [0, 0.05) is 31.5 Å². The van der Waals surface area contributed by atoms with Gasteiger partial charge in [0.05, 0.1) is 17.9 Å². The monoisotopic (exact) mass is 435 g/mol. The highest BCUT2D eigenvalue weighted by atomic mass is 16.3. The molecule has 1 amide bonds. The maximum Gasteiger partial charge on any atom is 0.255 e. The summed E-state index contributed by atoms with van der Waals surface area (Å²) < 4.78 is 5.35. The predicted octanol–water partition coefficient (Wildman–Crippen LogP) is 3.56. The summed E-state index contributed by atoms with van der Waals surface area (Å²) in [5.41, 5.74) is 3.06. The third kappa shape index (κ3) is 4.66. The number of aryl methyl sites for hydroxylation is 2. The van der Waals surface area contributed by atoms with Crippen molar-refractivity contribution in [3.8, 4) is 0 Å². The number of furan rings is 1. The molecular formula is C26H33N3O3. The molecule has 170 valence electrons. The smallest absolute Gasteiger partial charge is 0.255 e. The first-order valence-electron chi connectivity index (χ1n) is 12.0. The molecule has 2 fully saturated rings. The van der Waals surface area contributed by atoms with Crippen LogP contribution in [0, 0.1) is 5.41 Å². The van der Waals surface area contributed by atoms with E-state index in [2.05, 4.69) is 16.0 Å². The summed E-state index contributed by atoms with van der Waals surface area (Å²) in [5.74, 6) is 0.896. The van der Waals surface area contributed by atoms with E-state index >= 15 is 0 Å². The Labute approximate surface area is 189 Å². The second-order valence-electron chi connectivity index (χ2n) is 9.80. The molecular weight excluding hydrogens is 402 g/mol. The van der Waals surface area contributed by atoms with Crippen molar-refractivity contribution in [1.82, 2.24) is 14.8 Å². The molecule has 2 saturated heterocycles. The summed E-state index contributed by atoms with van der Waals surface area (Å²) in [6, 6.07) is 5.90. The van der Waals surface area contributed by atoms with Gasteiger partial charge in [-0.2, -0.15) is 0 Å². The van der Waals surface area contributed by atoms with Crippen LogP contribution in [0.15, 0.2) is 41.2 Å². The van der Waals surface area contributed by atoms with Crippen molar-refractivity contribution in [2.24, 2.45) is 5.41 Å². The molecule has 2 aromatic rings. The summed E-state index contributed by atoms with van der Waals surface area (Å²) in [6.45, 7) is 4.02. The number of pyridine rings is 1. The Bertz CT molecular complexity index is 961. The van der Waals surface area contributed by atoms with Crippen molar-refractivity contribution in [2.75, 3.05) is 32.7 Å². The van der Waals surface area contributed by atoms with Crippen molar-refractivity contribution in [2.45, 2.75) is 51.0 Å². The van der Waals surface area contributed by atoms with Crippen LogP contribution < -0.4 is 0 Å². The number of carbonyl (C=O) groups excluding carboxylic acids is 1. The number of aliphatic hydroxyl groups is 1. The van der Waals surface area contributed by atoms with Crippen LogP contribution in [-0.2, 0) is 12.8 Å². The number of nitrogens with zero attached hydrogens (tertiary/aromatic N) is 3. The van der Waals surface area contributed by atoms with Gasteiger partial charge in [-0.3, -0.25) is 14.7 Å². The van der Waals surface area contributed by atoms with Gasteiger partial charge in [0.15, 0.2) is 0 Å². The number of likely N-dealkylation sites (tertiary alicyclic amines) is 2. The number of rotatable bonds is 4. The maximum absolute atomic E-state index is 13.3. The van der Waals surface area contributed by atoms with Crippen molar-refractivity contribution in [3.05, 3.63) is 59.3 Å². The molecule has 5 rings (SSSR count). The molecule has 6 heteroatoms. The topological polar surface area (TPSA) is 69.8 Å². The fourth-order valence-corrected chi connectivity index (χ4v) is 5.67. The molecule has 2 aromatic heterocycles. The molecule has 1 unspecified atom stereocenters. The van der Waals surface area contributed by atoms with Crippen molar-refractivity contribution in [3.63, 3.8) is 0 Å². The standard InChI is InChI=1S/C26H33N3O3/c30-22-16-26(9-12-28(13-10-26)11-3-6-23-7-4-14-32-23)19-29(18-22)25(31)21-15-20-5-1-2-8-24(20)27-17-21/h3-4,6-7,14-15,17,22,30H,1-2,5,8-13,16,18-19H2/b6-3+. The van der Waals surface area contributed by atoms with Crippen LogP contribution in [0.5, 0.6) is 0 Å². The second kappa shape index (κ2) is 9.20. The summed E-state index contributed by atoms with van der Waals surface area (Å²) in [6.07, 6.45) is 14.3. The van der Waals surface area contributed by atoms with E-state index in [1.54, 1.807) is 12.5 Å². The fraction of sp³-hybridized carbons (Fsp3) is 0.538. The van der Waals surface area contributed by atoms with Gasteiger partial charge in [-0.05, 0) is 93.3 Å². The van der Waals surface area contributed by atoms with E-state index in [1.807, 2.05) is 29.2 Å².